The predicted molar refractivity (Wildman–Crippen MR) is 94.5 cm³/mol. The summed E-state index contributed by atoms with van der Waals surface area (Å²) in [5.74, 6) is -4.07. The maximum atomic E-state index is 13.9. The minimum atomic E-state index is -2.90. The molecule has 3 atom stereocenters. The number of hydrogen-bond acceptors (Lipinski definition) is 3. The molecule has 0 bridgehead atoms. The fourth-order valence-electron chi connectivity index (χ4n) is 3.15. The lowest BCUT2D eigenvalue weighted by Crippen LogP contribution is -2.20. The van der Waals surface area contributed by atoms with Crippen LogP contribution in [0.15, 0.2) is 24.3 Å². The second-order valence-electron chi connectivity index (χ2n) is 6.81. The largest absolute Gasteiger partial charge is 0.392 e. The van der Waals surface area contributed by atoms with Gasteiger partial charge in [0.2, 0.25) is 0 Å². The zero-order valence-corrected chi connectivity index (χ0v) is 15.0. The van der Waals surface area contributed by atoms with Gasteiger partial charge in [-0.05, 0) is 31.8 Å². The van der Waals surface area contributed by atoms with E-state index in [2.05, 4.69) is 0 Å². The van der Waals surface area contributed by atoms with Crippen LogP contribution >= 0.6 is 0 Å². The molecule has 0 saturated heterocycles. The summed E-state index contributed by atoms with van der Waals surface area (Å²) in [4.78, 5) is 22.3. The molecule has 1 aliphatic rings. The van der Waals surface area contributed by atoms with Crippen LogP contribution in [0.1, 0.15) is 64.7 Å². The van der Waals surface area contributed by atoms with Gasteiger partial charge in [-0.15, -0.1) is 0 Å². The second kappa shape index (κ2) is 11.3. The van der Waals surface area contributed by atoms with Gasteiger partial charge in [-0.1, -0.05) is 38.0 Å². The fraction of sp³-hybridized carbons (Fsp3) is 0.700. The molecule has 0 aromatic heterocycles. The lowest BCUT2D eigenvalue weighted by atomic mass is 9.90. The number of aldehydes is 1. The smallest absolute Gasteiger partial charge is 0.266 e. The number of alkyl halides is 2. The van der Waals surface area contributed by atoms with E-state index in [9.17, 15) is 23.5 Å². The molecule has 1 aliphatic carbocycles. The highest BCUT2D eigenvalue weighted by Crippen LogP contribution is 2.35. The minimum absolute atomic E-state index is 0.0278. The summed E-state index contributed by atoms with van der Waals surface area (Å²) in [6.07, 6.45) is 10.5. The van der Waals surface area contributed by atoms with Crippen LogP contribution in [0.3, 0.4) is 0 Å². The van der Waals surface area contributed by atoms with E-state index < -0.39 is 17.9 Å². The Kier molecular flexibility index (Phi) is 9.79. The van der Waals surface area contributed by atoms with Gasteiger partial charge in [0.15, 0.2) is 0 Å². The number of rotatable bonds is 12. The first-order valence-corrected chi connectivity index (χ1v) is 9.28. The van der Waals surface area contributed by atoms with Gasteiger partial charge in [-0.2, -0.15) is 0 Å². The average Bonchev–Trinajstić information content (AvgIpc) is 2.82. The van der Waals surface area contributed by atoms with E-state index in [1.807, 2.05) is 19.1 Å². The normalized spacial score (nSPS) is 24.6. The van der Waals surface area contributed by atoms with Crippen molar-refractivity contribution in [1.82, 2.24) is 0 Å². The van der Waals surface area contributed by atoms with E-state index >= 15 is 0 Å². The molecule has 0 amide bonds. The molecule has 0 aromatic rings. The van der Waals surface area contributed by atoms with E-state index in [-0.39, 0.29) is 24.5 Å². The zero-order valence-electron chi connectivity index (χ0n) is 15.0. The van der Waals surface area contributed by atoms with E-state index in [1.165, 1.54) is 6.08 Å². The van der Waals surface area contributed by atoms with Crippen LogP contribution in [0, 0.1) is 11.8 Å². The Bertz CT molecular complexity index is 472. The molecular weight excluding hydrogens is 326 g/mol. The summed E-state index contributed by atoms with van der Waals surface area (Å²) in [7, 11) is 0. The first-order valence-electron chi connectivity index (χ1n) is 9.28. The molecule has 0 spiro atoms. The first-order chi connectivity index (χ1) is 11.9. The number of halogens is 2. The van der Waals surface area contributed by atoms with Gasteiger partial charge in [0, 0.05) is 31.1 Å². The lowest BCUT2D eigenvalue weighted by molar-refractivity contribution is -0.120. The SMILES string of the molecule is CCCCCC(F)(F)/C=C/[C@H]1C(=O)C[C@H](O)[C@@H]1C/C=C\CCCC=O. The summed E-state index contributed by atoms with van der Waals surface area (Å²) in [5, 5.41) is 10.1. The van der Waals surface area contributed by atoms with Crippen molar-refractivity contribution in [2.75, 3.05) is 0 Å². The number of ketones is 1. The minimum Gasteiger partial charge on any atom is -0.392 e. The summed E-state index contributed by atoms with van der Waals surface area (Å²) in [6.45, 7) is 1.96. The number of carbonyl (C=O) groups is 2. The van der Waals surface area contributed by atoms with Crippen LogP contribution in [0.4, 0.5) is 8.78 Å². The summed E-state index contributed by atoms with van der Waals surface area (Å²) < 4.78 is 27.7. The summed E-state index contributed by atoms with van der Waals surface area (Å²) in [6, 6.07) is 0. The van der Waals surface area contributed by atoms with Gasteiger partial charge in [-0.3, -0.25) is 4.79 Å². The molecule has 1 fully saturated rings. The third-order valence-corrected chi connectivity index (χ3v) is 4.67. The molecule has 142 valence electrons. The molecule has 25 heavy (non-hydrogen) atoms. The van der Waals surface area contributed by atoms with Crippen LogP contribution < -0.4 is 0 Å². The first kappa shape index (κ1) is 21.7. The molecule has 1 rings (SSSR count). The van der Waals surface area contributed by atoms with Gasteiger partial charge < -0.3 is 9.90 Å². The Morgan fingerprint density at radius 3 is 2.64 bits per heavy atom. The summed E-state index contributed by atoms with van der Waals surface area (Å²) >= 11 is 0. The number of carbonyl (C=O) groups excluding carboxylic acids is 2. The monoisotopic (exact) mass is 356 g/mol. The Morgan fingerprint density at radius 2 is 1.96 bits per heavy atom. The van der Waals surface area contributed by atoms with Crippen LogP contribution in [-0.4, -0.2) is 29.2 Å². The molecule has 5 heteroatoms. The van der Waals surface area contributed by atoms with Gasteiger partial charge in [0.25, 0.3) is 5.92 Å². The Hall–Kier alpha value is -1.36. The van der Waals surface area contributed by atoms with Crippen molar-refractivity contribution in [1.29, 1.82) is 0 Å². The number of unbranched alkanes of at least 4 members (excludes halogenated alkanes) is 4. The highest BCUT2D eigenvalue weighted by Gasteiger charge is 2.39. The molecule has 0 unspecified atom stereocenters. The Morgan fingerprint density at radius 1 is 1.20 bits per heavy atom. The average molecular weight is 356 g/mol. The standard InChI is InChI=1S/C20H30F2O3/c1-2-3-8-12-20(21,22)13-11-17-16(18(24)15-19(17)25)10-7-5-4-6-9-14-23/h5,7,11,13-14,16-18,24H,2-4,6,8-10,12,15H2,1H3/b7-5-,13-11+/t16-,17-,18+/m1/s1. The van der Waals surface area contributed by atoms with Crippen molar-refractivity contribution >= 4 is 12.1 Å². The summed E-state index contributed by atoms with van der Waals surface area (Å²) in [5.41, 5.74) is 0. The highest BCUT2D eigenvalue weighted by molar-refractivity contribution is 5.86. The van der Waals surface area contributed by atoms with Crippen molar-refractivity contribution < 1.29 is 23.5 Å². The van der Waals surface area contributed by atoms with Gasteiger partial charge in [-0.25, -0.2) is 8.78 Å². The number of hydrogen-bond donors (Lipinski definition) is 1. The van der Waals surface area contributed by atoms with Crippen LogP contribution in [0.25, 0.3) is 0 Å². The molecule has 0 aliphatic heterocycles. The molecule has 1 N–H and O–H groups in total. The third kappa shape index (κ3) is 8.04. The third-order valence-electron chi connectivity index (χ3n) is 4.67. The molecule has 0 heterocycles. The van der Waals surface area contributed by atoms with Crippen molar-refractivity contribution in [3.8, 4) is 0 Å². The molecular formula is C20H30F2O3. The molecule has 3 nitrogen and oxygen atoms in total. The Labute approximate surface area is 149 Å². The van der Waals surface area contributed by atoms with Crippen molar-refractivity contribution in [3.05, 3.63) is 24.3 Å². The number of allylic oxidation sites excluding steroid dienone is 4. The maximum Gasteiger partial charge on any atom is 0.266 e. The van der Waals surface area contributed by atoms with Crippen LogP contribution in [-0.2, 0) is 9.59 Å². The van der Waals surface area contributed by atoms with Crippen LogP contribution in [0.5, 0.6) is 0 Å². The second-order valence-corrected chi connectivity index (χ2v) is 6.81. The van der Waals surface area contributed by atoms with Crippen LogP contribution in [0.2, 0.25) is 0 Å². The van der Waals surface area contributed by atoms with E-state index in [1.54, 1.807) is 0 Å². The molecule has 0 radical (unpaired) electrons. The number of Topliss-reactive ketones (excluding diaryl/α,β-unsaturated/α-hetero) is 1. The fourth-order valence-corrected chi connectivity index (χ4v) is 3.15. The quantitative estimate of drug-likeness (QED) is 0.315. The van der Waals surface area contributed by atoms with Crippen molar-refractivity contribution in [2.24, 2.45) is 11.8 Å². The van der Waals surface area contributed by atoms with Gasteiger partial charge in [0.1, 0.15) is 12.1 Å². The van der Waals surface area contributed by atoms with E-state index in [4.69, 9.17) is 0 Å². The van der Waals surface area contributed by atoms with E-state index in [0.717, 1.165) is 38.0 Å². The highest BCUT2D eigenvalue weighted by atomic mass is 19.3. The van der Waals surface area contributed by atoms with E-state index in [0.29, 0.717) is 19.3 Å². The topological polar surface area (TPSA) is 54.4 Å². The molecule has 0 aromatic carbocycles. The maximum absolute atomic E-state index is 13.9. The number of aliphatic hydroxyl groups is 1. The van der Waals surface area contributed by atoms with Crippen molar-refractivity contribution in [3.63, 3.8) is 0 Å². The van der Waals surface area contributed by atoms with Gasteiger partial charge >= 0.3 is 0 Å². The lowest BCUT2D eigenvalue weighted by Gasteiger charge is -2.18. The predicted octanol–water partition coefficient (Wildman–Crippen LogP) is 4.64. The van der Waals surface area contributed by atoms with Crippen molar-refractivity contribution in [2.45, 2.75) is 76.7 Å². The number of aliphatic hydroxyl groups excluding tert-OH is 1. The molecule has 1 saturated carbocycles. The van der Waals surface area contributed by atoms with Gasteiger partial charge in [0.05, 0.1) is 6.10 Å². The Balaban J connectivity index is 2.60. The zero-order chi connectivity index (χ0) is 18.7.